The van der Waals surface area contributed by atoms with Crippen LogP contribution in [0.4, 0.5) is 0 Å². The van der Waals surface area contributed by atoms with Crippen molar-refractivity contribution >= 4 is 23.6 Å². The van der Waals surface area contributed by atoms with Crippen LogP contribution in [0.15, 0.2) is 15.0 Å². The summed E-state index contributed by atoms with van der Waals surface area (Å²) in [6.45, 7) is 7.92. The first kappa shape index (κ1) is 32.6. The van der Waals surface area contributed by atoms with Crippen LogP contribution in [-0.4, -0.2) is 107 Å². The molecule has 0 aliphatic carbocycles. The highest BCUT2D eigenvalue weighted by Crippen LogP contribution is 2.08. The average Bonchev–Trinajstić information content (AvgIpc) is 2.88. The number of guanidine groups is 2. The van der Waals surface area contributed by atoms with Crippen molar-refractivity contribution in [1.82, 2.24) is 20.2 Å². The fourth-order valence-corrected chi connectivity index (χ4v) is 2.78. The van der Waals surface area contributed by atoms with Crippen LogP contribution >= 0.6 is 0 Å². The Morgan fingerprint density at radius 1 is 0.818 bits per heavy atom. The van der Waals surface area contributed by atoms with Gasteiger partial charge in [-0.1, -0.05) is 0 Å². The first-order chi connectivity index (χ1) is 15.7. The van der Waals surface area contributed by atoms with Crippen LogP contribution in [0.25, 0.3) is 0 Å². The average molecular weight is 471 g/mol. The Balaban J connectivity index is 0. The van der Waals surface area contributed by atoms with E-state index in [-0.39, 0.29) is 0 Å². The molecule has 0 aromatic heterocycles. The maximum Gasteiger partial charge on any atom is 0.190 e. The van der Waals surface area contributed by atoms with Gasteiger partial charge in [0.2, 0.25) is 0 Å². The van der Waals surface area contributed by atoms with E-state index in [1.807, 2.05) is 14.0 Å². The molecular formula is C22H50N10O. The lowest BCUT2D eigenvalue weighted by molar-refractivity contribution is -0.0430. The summed E-state index contributed by atoms with van der Waals surface area (Å²) < 4.78 is 0. The Hall–Kier alpha value is -2.56. The number of amidine groups is 2. The quantitative estimate of drug-likeness (QED) is 0.259. The fourth-order valence-electron chi connectivity index (χ4n) is 2.78. The summed E-state index contributed by atoms with van der Waals surface area (Å²) in [6.07, 6.45) is 7.72. The van der Waals surface area contributed by atoms with Crippen molar-refractivity contribution in [3.63, 3.8) is 0 Å². The Labute approximate surface area is 201 Å². The number of nitrogens with two attached hydrogens (primary N) is 2. The third-order valence-corrected chi connectivity index (χ3v) is 5.26. The molecule has 6 N–H and O–H groups in total. The van der Waals surface area contributed by atoms with Crippen LogP contribution in [0.3, 0.4) is 0 Å². The van der Waals surface area contributed by atoms with Gasteiger partial charge in [-0.05, 0) is 52.4 Å². The molecule has 0 unspecified atom stereocenters. The number of rotatable bonds is 1. The zero-order chi connectivity index (χ0) is 25.6. The summed E-state index contributed by atoms with van der Waals surface area (Å²) >= 11 is 0. The van der Waals surface area contributed by atoms with Gasteiger partial charge in [-0.3, -0.25) is 25.2 Å². The number of hydrogen-bond donors (Lipinski definition) is 4. The van der Waals surface area contributed by atoms with Crippen molar-refractivity contribution in [3.05, 3.63) is 0 Å². The number of likely N-dealkylation sites (tertiary alicyclic amines) is 2. The van der Waals surface area contributed by atoms with Gasteiger partial charge in [0.1, 0.15) is 5.84 Å². The van der Waals surface area contributed by atoms with Gasteiger partial charge in [0.25, 0.3) is 0 Å². The van der Waals surface area contributed by atoms with Crippen molar-refractivity contribution < 1.29 is 4.84 Å². The molecule has 2 aliphatic heterocycles. The molecule has 2 rings (SSSR count). The van der Waals surface area contributed by atoms with E-state index < -0.39 is 0 Å². The van der Waals surface area contributed by atoms with Crippen LogP contribution in [0.5, 0.6) is 0 Å². The fraction of sp³-hybridized carbons (Fsp3) is 0.818. The Morgan fingerprint density at radius 2 is 1.18 bits per heavy atom. The van der Waals surface area contributed by atoms with Gasteiger partial charge in [0.05, 0.1) is 12.9 Å². The molecule has 0 spiro atoms. The molecule has 2 aliphatic rings. The van der Waals surface area contributed by atoms with E-state index in [4.69, 9.17) is 16.9 Å². The first-order valence-corrected chi connectivity index (χ1v) is 11.6. The Bertz CT molecular complexity index is 548. The van der Waals surface area contributed by atoms with E-state index in [9.17, 15) is 0 Å². The third kappa shape index (κ3) is 17.6. The summed E-state index contributed by atoms with van der Waals surface area (Å²) in [4.78, 5) is 20.6. The number of nitrogens with zero attached hydrogens (tertiary/aromatic N) is 6. The van der Waals surface area contributed by atoms with E-state index >= 15 is 0 Å². The minimum absolute atomic E-state index is 0.405. The molecule has 2 fully saturated rings. The highest BCUT2D eigenvalue weighted by molar-refractivity contribution is 5.79. The standard InChI is InChI=1S/2C7H15N3.C4H10N2O.C4H10N2/c2*1-9-7(8)10-5-3-2-4-6-10;1-4(5)6(2)7-3;1-4(5-2)6-3/h2*2-6H2,1H3,(H2,8,9);5H,1-3H3;1-3H3,(H,5,6). The van der Waals surface area contributed by atoms with Crippen molar-refractivity contribution in [1.29, 1.82) is 5.41 Å². The van der Waals surface area contributed by atoms with Crippen LogP contribution in [0.2, 0.25) is 0 Å². The molecule has 0 aromatic carbocycles. The molecule has 0 aromatic rings. The SMILES string of the molecule is CN=C(C)NC.CN=C(N)N1CCCCC1.CN=C(N)N1CCCCC1.CON(C)C(C)=N. The smallest absolute Gasteiger partial charge is 0.190 e. The van der Waals surface area contributed by atoms with E-state index in [2.05, 4.69) is 34.9 Å². The highest BCUT2D eigenvalue weighted by atomic mass is 16.7. The molecule has 33 heavy (non-hydrogen) atoms. The Morgan fingerprint density at radius 3 is 1.33 bits per heavy atom. The third-order valence-electron chi connectivity index (χ3n) is 5.26. The monoisotopic (exact) mass is 470 g/mol. The van der Waals surface area contributed by atoms with E-state index in [0.29, 0.717) is 17.8 Å². The molecule has 0 atom stereocenters. The minimum atomic E-state index is 0.405. The summed E-state index contributed by atoms with van der Waals surface area (Å²) in [5.41, 5.74) is 11.2. The van der Waals surface area contributed by atoms with Crippen LogP contribution < -0.4 is 16.8 Å². The molecule has 0 radical (unpaired) electrons. The zero-order valence-electron chi connectivity index (χ0n) is 22.3. The lowest BCUT2D eigenvalue weighted by Crippen LogP contribution is -2.40. The highest BCUT2D eigenvalue weighted by Gasteiger charge is 2.11. The van der Waals surface area contributed by atoms with Crippen LogP contribution in [0, 0.1) is 5.41 Å². The lowest BCUT2D eigenvalue weighted by atomic mass is 10.1. The number of nitrogens with one attached hydrogen (secondary N) is 2. The minimum Gasteiger partial charge on any atom is -0.377 e. The summed E-state index contributed by atoms with van der Waals surface area (Å²) in [5.74, 6) is 2.76. The number of aliphatic imine (C=N–C) groups is 3. The molecule has 11 heteroatoms. The van der Waals surface area contributed by atoms with Gasteiger partial charge < -0.3 is 26.6 Å². The van der Waals surface area contributed by atoms with Crippen molar-refractivity contribution in [2.45, 2.75) is 52.4 Å². The number of hydrogen-bond acceptors (Lipinski definition) is 5. The largest absolute Gasteiger partial charge is 0.377 e. The van der Waals surface area contributed by atoms with Gasteiger partial charge in [0.15, 0.2) is 11.9 Å². The van der Waals surface area contributed by atoms with Crippen molar-refractivity contribution in [2.75, 3.05) is 68.5 Å². The predicted molar refractivity (Wildman–Crippen MR) is 142 cm³/mol. The number of hydroxylamine groups is 2. The summed E-state index contributed by atoms with van der Waals surface area (Å²) in [5, 5.41) is 11.1. The molecule has 2 saturated heterocycles. The number of piperidine rings is 2. The second-order valence-electron chi connectivity index (χ2n) is 7.58. The van der Waals surface area contributed by atoms with Gasteiger partial charge in [-0.25, -0.2) is 5.06 Å². The zero-order valence-corrected chi connectivity index (χ0v) is 22.3. The van der Waals surface area contributed by atoms with Gasteiger partial charge in [0, 0.05) is 61.4 Å². The molecule has 0 amide bonds. The van der Waals surface area contributed by atoms with Crippen molar-refractivity contribution in [2.24, 2.45) is 26.4 Å². The van der Waals surface area contributed by atoms with Crippen LogP contribution in [0.1, 0.15) is 52.4 Å². The van der Waals surface area contributed by atoms with Crippen molar-refractivity contribution in [3.8, 4) is 0 Å². The second-order valence-corrected chi connectivity index (χ2v) is 7.58. The summed E-state index contributed by atoms with van der Waals surface area (Å²) in [6, 6.07) is 0. The molecular weight excluding hydrogens is 420 g/mol. The maximum absolute atomic E-state index is 6.90. The Kier molecular flexibility index (Phi) is 21.0. The molecule has 0 bridgehead atoms. The predicted octanol–water partition coefficient (Wildman–Crippen LogP) is 1.56. The maximum atomic E-state index is 6.90. The molecule has 2 heterocycles. The normalized spacial score (nSPS) is 16.8. The topological polar surface area (TPSA) is 144 Å². The molecule has 0 saturated carbocycles. The van der Waals surface area contributed by atoms with E-state index in [0.717, 1.165) is 32.0 Å². The van der Waals surface area contributed by atoms with Gasteiger partial charge in [-0.2, -0.15) is 0 Å². The van der Waals surface area contributed by atoms with Gasteiger partial charge >= 0.3 is 0 Å². The van der Waals surface area contributed by atoms with E-state index in [1.54, 1.807) is 35.1 Å². The molecule has 11 nitrogen and oxygen atoms in total. The van der Waals surface area contributed by atoms with E-state index in [1.165, 1.54) is 50.7 Å². The second kappa shape index (κ2) is 21.3. The van der Waals surface area contributed by atoms with Crippen LogP contribution in [-0.2, 0) is 4.84 Å². The summed E-state index contributed by atoms with van der Waals surface area (Å²) in [7, 11) is 10.3. The lowest BCUT2D eigenvalue weighted by Gasteiger charge is -2.27. The van der Waals surface area contributed by atoms with Gasteiger partial charge in [-0.15, -0.1) is 0 Å². The first-order valence-electron chi connectivity index (χ1n) is 11.6. The molecule has 194 valence electrons.